The summed E-state index contributed by atoms with van der Waals surface area (Å²) in [6, 6.07) is 3.15. The topological polar surface area (TPSA) is 86.5 Å². The van der Waals surface area contributed by atoms with Crippen LogP contribution in [0.1, 0.15) is 24.5 Å². The Hall–Kier alpha value is -1.27. The fourth-order valence-electron chi connectivity index (χ4n) is 1.73. The molecule has 0 radical (unpaired) electrons. The second-order valence-electron chi connectivity index (χ2n) is 4.26. The molecule has 0 spiro atoms. The highest BCUT2D eigenvalue weighted by Gasteiger charge is 2.24. The first kappa shape index (κ1) is 15.8. The molecule has 0 heterocycles. The molecule has 0 aliphatic rings. The Labute approximate surface area is 117 Å². The zero-order valence-corrected chi connectivity index (χ0v) is 12.5. The average molecular weight is 306 g/mol. The Bertz CT molecular complexity index is 598. The van der Waals surface area contributed by atoms with Crippen molar-refractivity contribution in [3.8, 4) is 5.75 Å². The molecule has 1 amide bonds. The molecule has 0 saturated carbocycles. The van der Waals surface area contributed by atoms with E-state index in [0.717, 1.165) is 5.56 Å². The van der Waals surface area contributed by atoms with Crippen LogP contribution in [0.5, 0.6) is 5.75 Å². The lowest BCUT2D eigenvalue weighted by molar-refractivity contribution is -0.124. The lowest BCUT2D eigenvalue weighted by Crippen LogP contribution is -2.33. The number of benzene rings is 1. The van der Waals surface area contributed by atoms with Crippen LogP contribution in [-0.2, 0) is 13.8 Å². The standard InChI is InChI=1S/C12H16ClNO4S/c1-4-9(12(14)15)18-11-8(3)5-7(2)6-10(11)19(13,16)17/h5-6,9H,4H2,1-3H3,(H2,14,15). The maximum Gasteiger partial charge on any atom is 0.265 e. The molecule has 5 nitrogen and oxygen atoms in total. The maximum atomic E-state index is 11.6. The summed E-state index contributed by atoms with van der Waals surface area (Å²) >= 11 is 0. The van der Waals surface area contributed by atoms with Gasteiger partial charge >= 0.3 is 0 Å². The first-order valence-corrected chi connectivity index (χ1v) is 7.99. The lowest BCUT2D eigenvalue weighted by Gasteiger charge is -2.18. The molecular formula is C12H16ClNO4S. The number of halogens is 1. The Balaban J connectivity index is 3.38. The van der Waals surface area contributed by atoms with Crippen molar-refractivity contribution in [1.82, 2.24) is 0 Å². The lowest BCUT2D eigenvalue weighted by atomic mass is 10.1. The van der Waals surface area contributed by atoms with Gasteiger partial charge in [-0.05, 0) is 37.5 Å². The molecule has 0 aromatic heterocycles. The van der Waals surface area contributed by atoms with Crippen LogP contribution in [0.25, 0.3) is 0 Å². The molecule has 1 unspecified atom stereocenters. The van der Waals surface area contributed by atoms with Crippen molar-refractivity contribution in [1.29, 1.82) is 0 Å². The molecule has 1 aromatic carbocycles. The van der Waals surface area contributed by atoms with Crippen molar-refractivity contribution >= 4 is 25.6 Å². The normalized spacial score (nSPS) is 13.1. The van der Waals surface area contributed by atoms with E-state index in [0.29, 0.717) is 12.0 Å². The fourth-order valence-corrected chi connectivity index (χ4v) is 2.83. The summed E-state index contributed by atoms with van der Waals surface area (Å²) in [5.41, 5.74) is 6.50. The molecular weight excluding hydrogens is 290 g/mol. The van der Waals surface area contributed by atoms with Crippen molar-refractivity contribution in [3.05, 3.63) is 23.3 Å². The van der Waals surface area contributed by atoms with Crippen LogP contribution in [0, 0.1) is 13.8 Å². The third-order valence-electron chi connectivity index (χ3n) is 2.60. The highest BCUT2D eigenvalue weighted by molar-refractivity contribution is 8.13. The highest BCUT2D eigenvalue weighted by atomic mass is 35.7. The van der Waals surface area contributed by atoms with Crippen LogP contribution < -0.4 is 10.5 Å². The SMILES string of the molecule is CCC(Oc1c(C)cc(C)cc1S(=O)(=O)Cl)C(N)=O. The minimum Gasteiger partial charge on any atom is -0.479 e. The maximum absolute atomic E-state index is 11.6. The summed E-state index contributed by atoms with van der Waals surface area (Å²) in [6.45, 7) is 5.14. The zero-order chi connectivity index (χ0) is 14.8. The number of carbonyl (C=O) groups excluding carboxylic acids is 1. The second-order valence-corrected chi connectivity index (χ2v) is 6.80. The third-order valence-corrected chi connectivity index (χ3v) is 3.92. The molecule has 2 N–H and O–H groups in total. The number of nitrogens with two attached hydrogens (primary N) is 1. The van der Waals surface area contributed by atoms with Crippen LogP contribution >= 0.6 is 10.7 Å². The summed E-state index contributed by atoms with van der Waals surface area (Å²) in [5.74, 6) is -0.577. The van der Waals surface area contributed by atoms with E-state index in [4.69, 9.17) is 21.2 Å². The predicted octanol–water partition coefficient (Wildman–Crippen LogP) is 1.87. The Morgan fingerprint density at radius 2 is 2.00 bits per heavy atom. The quantitative estimate of drug-likeness (QED) is 0.841. The van der Waals surface area contributed by atoms with Crippen molar-refractivity contribution in [3.63, 3.8) is 0 Å². The van der Waals surface area contributed by atoms with Gasteiger partial charge in [0.05, 0.1) is 0 Å². The minimum atomic E-state index is -3.96. The van der Waals surface area contributed by atoms with Crippen LogP contribution in [0.4, 0.5) is 0 Å². The van der Waals surface area contributed by atoms with Crippen molar-refractivity contribution in [2.24, 2.45) is 5.73 Å². The van der Waals surface area contributed by atoms with Crippen molar-refractivity contribution in [2.75, 3.05) is 0 Å². The van der Waals surface area contributed by atoms with E-state index in [9.17, 15) is 13.2 Å². The molecule has 0 aliphatic heterocycles. The van der Waals surface area contributed by atoms with Crippen LogP contribution in [0.3, 0.4) is 0 Å². The van der Waals surface area contributed by atoms with Gasteiger partial charge in [0.25, 0.3) is 15.0 Å². The van der Waals surface area contributed by atoms with E-state index in [1.54, 1.807) is 26.8 Å². The molecule has 0 bridgehead atoms. The van der Waals surface area contributed by atoms with Gasteiger partial charge in [-0.1, -0.05) is 13.0 Å². The number of amides is 1. The predicted molar refractivity (Wildman–Crippen MR) is 72.9 cm³/mol. The van der Waals surface area contributed by atoms with E-state index in [2.05, 4.69) is 0 Å². The highest BCUT2D eigenvalue weighted by Crippen LogP contribution is 2.32. The number of primary amides is 1. The molecule has 7 heteroatoms. The molecule has 0 aliphatic carbocycles. The molecule has 1 atom stereocenters. The number of carbonyl (C=O) groups is 1. The number of rotatable bonds is 5. The second kappa shape index (κ2) is 5.79. The first-order chi connectivity index (χ1) is 8.66. The smallest absolute Gasteiger partial charge is 0.265 e. The van der Waals surface area contributed by atoms with Gasteiger partial charge in [-0.2, -0.15) is 0 Å². The van der Waals surface area contributed by atoms with Crippen LogP contribution in [0.2, 0.25) is 0 Å². The van der Waals surface area contributed by atoms with Gasteiger partial charge in [0.1, 0.15) is 10.6 Å². The van der Waals surface area contributed by atoms with Gasteiger partial charge in [-0.3, -0.25) is 4.79 Å². The van der Waals surface area contributed by atoms with Gasteiger partial charge in [0, 0.05) is 10.7 Å². The molecule has 19 heavy (non-hydrogen) atoms. The summed E-state index contributed by atoms with van der Waals surface area (Å²) < 4.78 is 28.6. The van der Waals surface area contributed by atoms with Gasteiger partial charge < -0.3 is 10.5 Å². The van der Waals surface area contributed by atoms with Crippen LogP contribution in [0.15, 0.2) is 17.0 Å². The summed E-state index contributed by atoms with van der Waals surface area (Å²) in [4.78, 5) is 11.0. The number of hydrogen-bond donors (Lipinski definition) is 1. The Morgan fingerprint density at radius 3 is 2.42 bits per heavy atom. The van der Waals surface area contributed by atoms with Crippen molar-refractivity contribution < 1.29 is 17.9 Å². The summed E-state index contributed by atoms with van der Waals surface area (Å²) in [7, 11) is 1.43. The molecule has 0 fully saturated rings. The molecule has 0 saturated heterocycles. The minimum absolute atomic E-state index is 0.0752. The first-order valence-electron chi connectivity index (χ1n) is 5.68. The monoisotopic (exact) mass is 305 g/mol. The number of hydrogen-bond acceptors (Lipinski definition) is 4. The summed E-state index contributed by atoms with van der Waals surface area (Å²) in [5, 5.41) is 0. The number of aryl methyl sites for hydroxylation is 2. The fraction of sp³-hybridized carbons (Fsp3) is 0.417. The van der Waals surface area contributed by atoms with Gasteiger partial charge in [0.2, 0.25) is 0 Å². The molecule has 1 rings (SSSR count). The third kappa shape index (κ3) is 3.84. The Kier molecular flexibility index (Phi) is 4.81. The van der Waals surface area contributed by atoms with E-state index < -0.39 is 21.1 Å². The van der Waals surface area contributed by atoms with E-state index >= 15 is 0 Å². The largest absolute Gasteiger partial charge is 0.479 e. The van der Waals surface area contributed by atoms with Gasteiger partial charge in [-0.15, -0.1) is 0 Å². The molecule has 106 valence electrons. The van der Waals surface area contributed by atoms with E-state index in [-0.39, 0.29) is 10.6 Å². The van der Waals surface area contributed by atoms with Gasteiger partial charge in [0.15, 0.2) is 6.10 Å². The van der Waals surface area contributed by atoms with Gasteiger partial charge in [-0.25, -0.2) is 8.42 Å². The average Bonchev–Trinajstić information content (AvgIpc) is 2.25. The zero-order valence-electron chi connectivity index (χ0n) is 10.9. The van der Waals surface area contributed by atoms with Crippen molar-refractivity contribution in [2.45, 2.75) is 38.2 Å². The Morgan fingerprint density at radius 1 is 1.42 bits per heavy atom. The van der Waals surface area contributed by atoms with E-state index in [1.165, 1.54) is 6.07 Å². The van der Waals surface area contributed by atoms with E-state index in [1.807, 2.05) is 0 Å². The summed E-state index contributed by atoms with van der Waals surface area (Å²) in [6.07, 6.45) is -0.552. The van der Waals surface area contributed by atoms with Crippen LogP contribution in [-0.4, -0.2) is 20.4 Å². The number of ether oxygens (including phenoxy) is 1. The molecule has 1 aromatic rings.